The first-order valence-electron chi connectivity index (χ1n) is 8.73. The molecule has 0 aliphatic heterocycles. The molecule has 26 heavy (non-hydrogen) atoms. The molecule has 0 saturated carbocycles. The van der Waals surface area contributed by atoms with Gasteiger partial charge in [-0.2, -0.15) is 5.10 Å². The maximum atomic E-state index is 12.8. The lowest BCUT2D eigenvalue weighted by Crippen LogP contribution is -2.13. The molecule has 1 aromatic heterocycles. The van der Waals surface area contributed by atoms with Gasteiger partial charge in [0.15, 0.2) is 0 Å². The highest BCUT2D eigenvalue weighted by Crippen LogP contribution is 2.21. The van der Waals surface area contributed by atoms with E-state index < -0.39 is 10.0 Å². The average Bonchev–Trinajstić information content (AvgIpc) is 3.04. The molecule has 1 heterocycles. The molecule has 0 spiro atoms. The van der Waals surface area contributed by atoms with E-state index in [1.165, 1.54) is 5.56 Å². The van der Waals surface area contributed by atoms with Gasteiger partial charge in [0.05, 0.1) is 17.6 Å². The van der Waals surface area contributed by atoms with Gasteiger partial charge >= 0.3 is 0 Å². The molecule has 0 amide bonds. The number of rotatable bonds is 7. The molecule has 5 nitrogen and oxygen atoms in total. The standard InChI is InChI=1S/C20H23N3O2S/c1-3-4-8-17-11-13-18(14-12-17)22-26(24,25)20-15-23(21-16(20)2)19-9-6-5-7-10-19/h5-7,9-15,22H,3-4,8H2,1-2H3. The van der Waals surface area contributed by atoms with Gasteiger partial charge in [-0.15, -0.1) is 0 Å². The van der Waals surface area contributed by atoms with E-state index in [4.69, 9.17) is 0 Å². The molecule has 0 unspecified atom stereocenters. The van der Waals surface area contributed by atoms with Crippen LogP contribution in [0.4, 0.5) is 5.69 Å². The van der Waals surface area contributed by atoms with Crippen LogP contribution in [0.15, 0.2) is 65.7 Å². The number of aromatic nitrogens is 2. The number of hydrogen-bond donors (Lipinski definition) is 1. The van der Waals surface area contributed by atoms with Gasteiger partial charge < -0.3 is 0 Å². The van der Waals surface area contributed by atoms with Crippen molar-refractivity contribution in [2.24, 2.45) is 0 Å². The summed E-state index contributed by atoms with van der Waals surface area (Å²) in [5, 5.41) is 4.33. The van der Waals surface area contributed by atoms with Crippen molar-refractivity contribution in [2.75, 3.05) is 4.72 Å². The van der Waals surface area contributed by atoms with Crippen molar-refractivity contribution in [2.45, 2.75) is 38.0 Å². The fourth-order valence-corrected chi connectivity index (χ4v) is 3.98. The predicted octanol–water partition coefficient (Wildman–Crippen LogP) is 4.32. The van der Waals surface area contributed by atoms with Gasteiger partial charge in [-0.25, -0.2) is 13.1 Å². The van der Waals surface area contributed by atoms with Gasteiger partial charge in [0.2, 0.25) is 0 Å². The third-order valence-electron chi connectivity index (χ3n) is 4.19. The second-order valence-corrected chi connectivity index (χ2v) is 7.92. The molecular formula is C20H23N3O2S. The van der Waals surface area contributed by atoms with Crippen molar-refractivity contribution in [3.8, 4) is 5.69 Å². The van der Waals surface area contributed by atoms with Gasteiger partial charge in [-0.05, 0) is 49.6 Å². The smallest absolute Gasteiger partial charge is 0.265 e. The number of benzene rings is 2. The molecule has 0 bridgehead atoms. The molecule has 0 saturated heterocycles. The Bertz CT molecular complexity index is 962. The topological polar surface area (TPSA) is 64.0 Å². The quantitative estimate of drug-likeness (QED) is 0.674. The summed E-state index contributed by atoms with van der Waals surface area (Å²) in [7, 11) is -3.69. The first-order valence-corrected chi connectivity index (χ1v) is 10.2. The van der Waals surface area contributed by atoms with E-state index in [9.17, 15) is 8.42 Å². The zero-order valence-corrected chi connectivity index (χ0v) is 15.8. The monoisotopic (exact) mass is 369 g/mol. The Morgan fingerprint density at radius 2 is 1.73 bits per heavy atom. The molecule has 6 heteroatoms. The maximum absolute atomic E-state index is 12.8. The zero-order valence-electron chi connectivity index (χ0n) is 15.0. The van der Waals surface area contributed by atoms with Crippen molar-refractivity contribution in [3.05, 3.63) is 72.1 Å². The first-order chi connectivity index (χ1) is 12.5. The van der Waals surface area contributed by atoms with Crippen LogP contribution in [-0.4, -0.2) is 18.2 Å². The van der Waals surface area contributed by atoms with Crippen LogP contribution < -0.4 is 4.72 Å². The van der Waals surface area contributed by atoms with E-state index in [1.807, 2.05) is 42.5 Å². The summed E-state index contributed by atoms with van der Waals surface area (Å²) in [4.78, 5) is 0.177. The lowest BCUT2D eigenvalue weighted by Gasteiger charge is -2.08. The summed E-state index contributed by atoms with van der Waals surface area (Å²) in [6.07, 6.45) is 4.82. The van der Waals surface area contributed by atoms with E-state index >= 15 is 0 Å². The third kappa shape index (κ3) is 4.14. The zero-order chi connectivity index (χ0) is 18.6. The Hall–Kier alpha value is -2.60. The van der Waals surface area contributed by atoms with Crippen molar-refractivity contribution in [3.63, 3.8) is 0 Å². The van der Waals surface area contributed by atoms with Crippen LogP contribution in [0.5, 0.6) is 0 Å². The summed E-state index contributed by atoms with van der Waals surface area (Å²) in [6.45, 7) is 3.85. The molecule has 1 N–H and O–H groups in total. The predicted molar refractivity (Wildman–Crippen MR) is 104 cm³/mol. The summed E-state index contributed by atoms with van der Waals surface area (Å²) >= 11 is 0. The largest absolute Gasteiger partial charge is 0.280 e. The number of sulfonamides is 1. The molecule has 0 fully saturated rings. The van der Waals surface area contributed by atoms with E-state index in [-0.39, 0.29) is 4.90 Å². The van der Waals surface area contributed by atoms with Gasteiger partial charge in [0, 0.05) is 5.69 Å². The van der Waals surface area contributed by atoms with E-state index in [1.54, 1.807) is 29.9 Å². The molecule has 136 valence electrons. The Labute approximate surface area is 154 Å². The van der Waals surface area contributed by atoms with Crippen molar-refractivity contribution in [1.82, 2.24) is 9.78 Å². The second-order valence-electron chi connectivity index (χ2n) is 6.26. The van der Waals surface area contributed by atoms with Crippen molar-refractivity contribution >= 4 is 15.7 Å². The van der Waals surface area contributed by atoms with Crippen LogP contribution >= 0.6 is 0 Å². The molecule has 0 aliphatic rings. The fourth-order valence-electron chi connectivity index (χ4n) is 2.75. The molecular weight excluding hydrogens is 346 g/mol. The molecule has 0 atom stereocenters. The first kappa shape index (κ1) is 18.2. The summed E-state index contributed by atoms with van der Waals surface area (Å²) in [6, 6.07) is 17.0. The SMILES string of the molecule is CCCCc1ccc(NS(=O)(=O)c2cn(-c3ccccc3)nc2C)cc1. The van der Waals surface area contributed by atoms with Crippen LogP contribution in [0.1, 0.15) is 31.0 Å². The van der Waals surface area contributed by atoms with Crippen LogP contribution in [0, 0.1) is 6.92 Å². The van der Waals surface area contributed by atoms with Gasteiger partial charge in [-0.1, -0.05) is 43.7 Å². The molecule has 2 aromatic carbocycles. The Morgan fingerprint density at radius 3 is 2.38 bits per heavy atom. The number of hydrogen-bond acceptors (Lipinski definition) is 3. The molecule has 0 aliphatic carbocycles. The minimum absolute atomic E-state index is 0.177. The Kier molecular flexibility index (Phi) is 5.42. The fraction of sp³-hybridized carbons (Fsp3) is 0.250. The Balaban J connectivity index is 1.81. The second kappa shape index (κ2) is 7.74. The van der Waals surface area contributed by atoms with Gasteiger partial charge in [0.25, 0.3) is 10.0 Å². The highest BCUT2D eigenvalue weighted by Gasteiger charge is 2.21. The average molecular weight is 369 g/mol. The Morgan fingerprint density at radius 1 is 1.04 bits per heavy atom. The maximum Gasteiger partial charge on any atom is 0.265 e. The lowest BCUT2D eigenvalue weighted by atomic mass is 10.1. The highest BCUT2D eigenvalue weighted by atomic mass is 32.2. The van der Waals surface area contributed by atoms with Crippen LogP contribution in [0.3, 0.4) is 0 Å². The number of nitrogens with one attached hydrogen (secondary N) is 1. The molecule has 3 rings (SSSR count). The number of nitrogens with zero attached hydrogens (tertiary/aromatic N) is 2. The minimum atomic E-state index is -3.69. The van der Waals surface area contributed by atoms with Crippen molar-refractivity contribution < 1.29 is 8.42 Å². The number of para-hydroxylation sites is 1. The highest BCUT2D eigenvalue weighted by molar-refractivity contribution is 7.92. The third-order valence-corrected chi connectivity index (χ3v) is 5.67. The number of aryl methyl sites for hydroxylation is 2. The summed E-state index contributed by atoms with van der Waals surface area (Å²) < 4.78 is 29.7. The van der Waals surface area contributed by atoms with Crippen molar-refractivity contribution in [1.29, 1.82) is 0 Å². The number of unbranched alkanes of at least 4 members (excludes halogenated alkanes) is 1. The summed E-state index contributed by atoms with van der Waals surface area (Å²) in [5.74, 6) is 0. The van der Waals surface area contributed by atoms with Crippen LogP contribution in [-0.2, 0) is 16.4 Å². The molecule has 3 aromatic rings. The van der Waals surface area contributed by atoms with Gasteiger partial charge in [0.1, 0.15) is 4.90 Å². The van der Waals surface area contributed by atoms with Crippen LogP contribution in [0.25, 0.3) is 5.69 Å². The molecule has 0 radical (unpaired) electrons. The number of anilines is 1. The van der Waals surface area contributed by atoms with E-state index in [0.29, 0.717) is 11.4 Å². The van der Waals surface area contributed by atoms with Crippen LogP contribution in [0.2, 0.25) is 0 Å². The lowest BCUT2D eigenvalue weighted by molar-refractivity contribution is 0.600. The summed E-state index contributed by atoms with van der Waals surface area (Å²) in [5.41, 5.74) is 3.04. The van der Waals surface area contributed by atoms with E-state index in [0.717, 1.165) is 24.9 Å². The minimum Gasteiger partial charge on any atom is -0.280 e. The normalized spacial score (nSPS) is 11.5. The van der Waals surface area contributed by atoms with Gasteiger partial charge in [-0.3, -0.25) is 4.72 Å². The van der Waals surface area contributed by atoms with E-state index in [2.05, 4.69) is 16.7 Å².